The summed E-state index contributed by atoms with van der Waals surface area (Å²) < 4.78 is 5.44. The van der Waals surface area contributed by atoms with Crippen LogP contribution in [0.1, 0.15) is 31.4 Å². The van der Waals surface area contributed by atoms with Gasteiger partial charge in [-0.3, -0.25) is 9.69 Å². The SMILES string of the molecule is CCC(c1ccc(Cl)cc1)N1CCOCC1CC(=O)O. The fourth-order valence-electron chi connectivity index (χ4n) is 2.80. The number of halogens is 1. The van der Waals surface area contributed by atoms with Gasteiger partial charge in [0, 0.05) is 23.7 Å². The fourth-order valence-corrected chi connectivity index (χ4v) is 2.93. The Labute approximate surface area is 124 Å². The number of aliphatic carboxylic acids is 1. The van der Waals surface area contributed by atoms with Gasteiger partial charge in [0.2, 0.25) is 0 Å². The fraction of sp³-hybridized carbons (Fsp3) is 0.533. The van der Waals surface area contributed by atoms with Crippen molar-refractivity contribution >= 4 is 17.6 Å². The van der Waals surface area contributed by atoms with Gasteiger partial charge < -0.3 is 9.84 Å². The highest BCUT2D eigenvalue weighted by Gasteiger charge is 2.30. The topological polar surface area (TPSA) is 49.8 Å². The third-order valence-electron chi connectivity index (χ3n) is 3.73. The maximum atomic E-state index is 11.0. The number of hydrogen-bond acceptors (Lipinski definition) is 3. The molecular weight excluding hydrogens is 278 g/mol. The number of carboxylic acid groups (broad SMARTS) is 1. The van der Waals surface area contributed by atoms with E-state index in [-0.39, 0.29) is 18.5 Å². The van der Waals surface area contributed by atoms with Crippen LogP contribution in [0.25, 0.3) is 0 Å². The predicted octanol–water partition coefficient (Wildman–Crippen LogP) is 2.97. The van der Waals surface area contributed by atoms with Crippen LogP contribution in [0.4, 0.5) is 0 Å². The summed E-state index contributed by atoms with van der Waals surface area (Å²) in [6.07, 6.45) is 1.04. The van der Waals surface area contributed by atoms with Gasteiger partial charge in [-0.15, -0.1) is 0 Å². The van der Waals surface area contributed by atoms with Gasteiger partial charge in [0.1, 0.15) is 0 Å². The van der Waals surface area contributed by atoms with Crippen LogP contribution in [0.3, 0.4) is 0 Å². The van der Waals surface area contributed by atoms with Gasteiger partial charge in [0.05, 0.1) is 19.6 Å². The van der Waals surface area contributed by atoms with Crippen molar-refractivity contribution in [2.45, 2.75) is 31.8 Å². The summed E-state index contributed by atoms with van der Waals surface area (Å²) in [5.41, 5.74) is 1.18. The maximum Gasteiger partial charge on any atom is 0.305 e. The van der Waals surface area contributed by atoms with Crippen LogP contribution in [0.2, 0.25) is 5.02 Å². The highest BCUT2D eigenvalue weighted by atomic mass is 35.5. The first-order chi connectivity index (χ1) is 9.61. The van der Waals surface area contributed by atoms with E-state index in [0.717, 1.165) is 13.0 Å². The summed E-state index contributed by atoms with van der Waals surface area (Å²) in [5, 5.41) is 9.76. The first-order valence-corrected chi connectivity index (χ1v) is 7.30. The summed E-state index contributed by atoms with van der Waals surface area (Å²) in [4.78, 5) is 13.3. The van der Waals surface area contributed by atoms with Gasteiger partial charge in [0.25, 0.3) is 0 Å². The number of carbonyl (C=O) groups is 1. The third-order valence-corrected chi connectivity index (χ3v) is 3.98. The van der Waals surface area contributed by atoms with Gasteiger partial charge in [0.15, 0.2) is 0 Å². The molecule has 1 aromatic carbocycles. The largest absolute Gasteiger partial charge is 0.481 e. The summed E-state index contributed by atoms with van der Waals surface area (Å²) in [6, 6.07) is 7.94. The Kier molecular flexibility index (Phi) is 5.40. The molecule has 20 heavy (non-hydrogen) atoms. The summed E-state index contributed by atoms with van der Waals surface area (Å²) in [7, 11) is 0. The molecule has 0 aliphatic carbocycles. The van der Waals surface area contributed by atoms with Gasteiger partial charge in [-0.05, 0) is 24.1 Å². The minimum Gasteiger partial charge on any atom is -0.481 e. The average Bonchev–Trinajstić information content (AvgIpc) is 2.43. The van der Waals surface area contributed by atoms with Gasteiger partial charge >= 0.3 is 5.97 Å². The van der Waals surface area contributed by atoms with Gasteiger partial charge in [-0.1, -0.05) is 30.7 Å². The normalized spacial score (nSPS) is 21.6. The minimum absolute atomic E-state index is 0.0677. The Hall–Kier alpha value is -1.10. The Morgan fingerprint density at radius 2 is 2.20 bits per heavy atom. The van der Waals surface area contributed by atoms with Crippen LogP contribution in [0, 0.1) is 0 Å². The van der Waals surface area contributed by atoms with E-state index in [9.17, 15) is 4.79 Å². The molecule has 0 aromatic heterocycles. The zero-order valence-electron chi connectivity index (χ0n) is 11.6. The van der Waals surface area contributed by atoms with Crippen LogP contribution < -0.4 is 0 Å². The van der Waals surface area contributed by atoms with Gasteiger partial charge in [-0.25, -0.2) is 0 Å². The maximum absolute atomic E-state index is 11.0. The van der Waals surface area contributed by atoms with E-state index in [2.05, 4.69) is 11.8 Å². The second-order valence-corrected chi connectivity index (χ2v) is 5.48. The molecule has 1 heterocycles. The van der Waals surface area contributed by atoms with Crippen molar-refractivity contribution in [2.75, 3.05) is 19.8 Å². The smallest absolute Gasteiger partial charge is 0.305 e. The third kappa shape index (κ3) is 3.72. The van der Waals surface area contributed by atoms with Crippen molar-refractivity contribution in [3.05, 3.63) is 34.9 Å². The van der Waals surface area contributed by atoms with Gasteiger partial charge in [-0.2, -0.15) is 0 Å². The van der Waals surface area contributed by atoms with Crippen molar-refractivity contribution in [1.82, 2.24) is 4.90 Å². The number of benzene rings is 1. The quantitative estimate of drug-likeness (QED) is 0.908. The molecule has 2 atom stereocenters. The molecule has 1 aliphatic heterocycles. The Morgan fingerprint density at radius 3 is 2.80 bits per heavy atom. The highest BCUT2D eigenvalue weighted by Crippen LogP contribution is 2.29. The molecule has 110 valence electrons. The molecule has 1 fully saturated rings. The molecule has 0 spiro atoms. The molecular formula is C15H20ClNO3. The molecule has 4 nitrogen and oxygen atoms in total. The number of hydrogen-bond donors (Lipinski definition) is 1. The molecule has 1 aromatic rings. The summed E-state index contributed by atoms with van der Waals surface area (Å²) >= 11 is 5.93. The van der Waals surface area contributed by atoms with Crippen molar-refractivity contribution in [3.8, 4) is 0 Å². The van der Waals surface area contributed by atoms with Crippen molar-refractivity contribution < 1.29 is 14.6 Å². The van der Waals surface area contributed by atoms with E-state index in [1.807, 2.05) is 24.3 Å². The molecule has 0 saturated carbocycles. The van der Waals surface area contributed by atoms with Crippen molar-refractivity contribution in [1.29, 1.82) is 0 Å². The minimum atomic E-state index is -0.781. The summed E-state index contributed by atoms with van der Waals surface area (Å²) in [5.74, 6) is -0.781. The van der Waals surface area contributed by atoms with E-state index in [1.165, 1.54) is 5.56 Å². The van der Waals surface area contributed by atoms with E-state index in [1.54, 1.807) is 0 Å². The first kappa shape index (κ1) is 15.3. The summed E-state index contributed by atoms with van der Waals surface area (Å²) in [6.45, 7) is 4.02. The molecule has 5 heteroatoms. The lowest BCUT2D eigenvalue weighted by Crippen LogP contribution is -2.48. The van der Waals surface area contributed by atoms with Crippen molar-refractivity contribution in [2.24, 2.45) is 0 Å². The number of ether oxygens (including phenoxy) is 1. The second kappa shape index (κ2) is 7.07. The van der Waals surface area contributed by atoms with Crippen LogP contribution in [0.15, 0.2) is 24.3 Å². The molecule has 2 unspecified atom stereocenters. The van der Waals surface area contributed by atoms with E-state index in [0.29, 0.717) is 18.2 Å². The molecule has 0 bridgehead atoms. The predicted molar refractivity (Wildman–Crippen MR) is 78.0 cm³/mol. The van der Waals surface area contributed by atoms with E-state index < -0.39 is 5.97 Å². The Balaban J connectivity index is 2.19. The Bertz CT molecular complexity index is 449. The lowest BCUT2D eigenvalue weighted by Gasteiger charge is -2.40. The number of carboxylic acids is 1. The van der Waals surface area contributed by atoms with E-state index >= 15 is 0 Å². The first-order valence-electron chi connectivity index (χ1n) is 6.92. The highest BCUT2D eigenvalue weighted by molar-refractivity contribution is 6.30. The standard InChI is InChI=1S/C15H20ClNO3/c1-2-14(11-3-5-12(16)6-4-11)17-7-8-20-10-13(17)9-15(18)19/h3-6,13-14H,2,7-10H2,1H3,(H,18,19). The lowest BCUT2D eigenvalue weighted by molar-refractivity contribution is -0.141. The number of morpholine rings is 1. The number of nitrogens with zero attached hydrogens (tertiary/aromatic N) is 1. The second-order valence-electron chi connectivity index (χ2n) is 5.04. The average molecular weight is 298 g/mol. The lowest BCUT2D eigenvalue weighted by atomic mass is 9.99. The van der Waals surface area contributed by atoms with E-state index in [4.69, 9.17) is 21.4 Å². The van der Waals surface area contributed by atoms with Crippen LogP contribution in [-0.2, 0) is 9.53 Å². The zero-order valence-corrected chi connectivity index (χ0v) is 12.3. The molecule has 1 aliphatic rings. The molecule has 2 rings (SSSR count). The van der Waals surface area contributed by atoms with Crippen LogP contribution in [0.5, 0.6) is 0 Å². The van der Waals surface area contributed by atoms with Crippen molar-refractivity contribution in [3.63, 3.8) is 0 Å². The number of rotatable bonds is 5. The molecule has 0 amide bonds. The van der Waals surface area contributed by atoms with Crippen LogP contribution >= 0.6 is 11.6 Å². The molecule has 0 radical (unpaired) electrons. The molecule has 1 N–H and O–H groups in total. The Morgan fingerprint density at radius 1 is 1.50 bits per heavy atom. The van der Waals surface area contributed by atoms with Crippen LogP contribution in [-0.4, -0.2) is 41.8 Å². The zero-order chi connectivity index (χ0) is 14.5. The molecule has 1 saturated heterocycles. The monoisotopic (exact) mass is 297 g/mol.